The van der Waals surface area contributed by atoms with E-state index in [9.17, 15) is 9.59 Å². The van der Waals surface area contributed by atoms with E-state index in [2.05, 4.69) is 41.1 Å². The van der Waals surface area contributed by atoms with Crippen molar-refractivity contribution in [1.82, 2.24) is 15.1 Å². The topological polar surface area (TPSA) is 71.1 Å². The molecule has 0 aromatic heterocycles. The molecule has 7 nitrogen and oxygen atoms in total. The Morgan fingerprint density at radius 2 is 1.78 bits per heavy atom. The zero-order valence-electron chi connectivity index (χ0n) is 20.6. The lowest BCUT2D eigenvalue weighted by Gasteiger charge is -2.32. The molecule has 0 aliphatic carbocycles. The van der Waals surface area contributed by atoms with Crippen LogP contribution in [-0.4, -0.2) is 54.0 Å². The van der Waals surface area contributed by atoms with E-state index in [-0.39, 0.29) is 11.8 Å². The molecule has 0 spiro atoms. The number of hydrogen-bond donors (Lipinski definition) is 1. The summed E-state index contributed by atoms with van der Waals surface area (Å²) in [4.78, 5) is 29.7. The lowest BCUT2D eigenvalue weighted by molar-refractivity contribution is -0.126. The van der Waals surface area contributed by atoms with Crippen LogP contribution < -0.4 is 14.8 Å². The highest BCUT2D eigenvalue weighted by atomic mass is 16.5. The second kappa shape index (κ2) is 9.62. The molecular formula is C29H33N3O4. The Morgan fingerprint density at radius 1 is 0.972 bits per heavy atom. The summed E-state index contributed by atoms with van der Waals surface area (Å²) in [6.45, 7) is 8.75. The highest BCUT2D eigenvalue weighted by Gasteiger charge is 2.38. The van der Waals surface area contributed by atoms with E-state index in [4.69, 9.17) is 9.47 Å². The Labute approximate surface area is 212 Å². The van der Waals surface area contributed by atoms with E-state index in [0.29, 0.717) is 38.5 Å². The maximum absolute atomic E-state index is 13.0. The molecule has 2 saturated heterocycles. The third-order valence-electron chi connectivity index (χ3n) is 7.94. The molecule has 1 atom stereocenters. The van der Waals surface area contributed by atoms with Gasteiger partial charge in [-0.2, -0.15) is 0 Å². The van der Waals surface area contributed by atoms with Crippen molar-refractivity contribution < 1.29 is 19.1 Å². The summed E-state index contributed by atoms with van der Waals surface area (Å²) in [5.41, 5.74) is 5.08. The van der Waals surface area contributed by atoms with E-state index < -0.39 is 6.04 Å². The van der Waals surface area contributed by atoms with E-state index in [1.807, 2.05) is 12.1 Å². The van der Waals surface area contributed by atoms with Crippen LogP contribution in [0.2, 0.25) is 0 Å². The predicted molar refractivity (Wildman–Crippen MR) is 136 cm³/mol. The molecule has 7 heteroatoms. The smallest absolute Gasteiger partial charge is 0.255 e. The normalized spacial score (nSPS) is 22.8. The number of carbonyl (C=O) groups is 2. The fourth-order valence-corrected chi connectivity index (χ4v) is 5.92. The third-order valence-corrected chi connectivity index (χ3v) is 7.94. The minimum Gasteiger partial charge on any atom is -0.490 e. The van der Waals surface area contributed by atoms with E-state index in [1.54, 1.807) is 4.90 Å². The fraction of sp³-hybridized carbons (Fsp3) is 0.448. The summed E-state index contributed by atoms with van der Waals surface area (Å²) in [5, 5.41) is 2.81. The summed E-state index contributed by atoms with van der Waals surface area (Å²) in [6.07, 6.45) is 4.45. The van der Waals surface area contributed by atoms with Crippen molar-refractivity contribution in [3.8, 4) is 11.5 Å². The van der Waals surface area contributed by atoms with Gasteiger partial charge in [-0.25, -0.2) is 0 Å². The number of likely N-dealkylation sites (tertiary alicyclic amines) is 1. The molecule has 2 aromatic carbocycles. The molecule has 6 rings (SSSR count). The molecule has 0 radical (unpaired) electrons. The van der Waals surface area contributed by atoms with Crippen LogP contribution in [0.5, 0.6) is 11.5 Å². The van der Waals surface area contributed by atoms with Gasteiger partial charge in [-0.05, 0) is 79.6 Å². The Morgan fingerprint density at radius 3 is 2.58 bits per heavy atom. The van der Waals surface area contributed by atoms with Crippen molar-refractivity contribution in [2.24, 2.45) is 0 Å². The SMILES string of the molecule is C=C1CCC(N2Cc3cc(C4CCN(Cc5ccc6c(c5)OCCCO6)CC4)ccc3C2=O)C(=O)N1. The standard InChI is InChI=1S/C29H33N3O4/c1-19-3-7-25(28(33)30-19)32-18-23-16-22(5-6-24(23)29(32)34)21-9-11-31(12-10-21)17-20-4-8-26-27(15-20)36-14-2-13-35-26/h4-6,8,15-16,21,25H,1-3,7,9-14,17-18H2,(H,30,33). The van der Waals surface area contributed by atoms with Gasteiger partial charge in [-0.15, -0.1) is 0 Å². The Hall–Kier alpha value is -3.32. The number of piperidine rings is 2. The molecule has 2 amide bonds. The summed E-state index contributed by atoms with van der Waals surface area (Å²) >= 11 is 0. The van der Waals surface area contributed by atoms with Gasteiger partial charge in [0, 0.05) is 30.8 Å². The summed E-state index contributed by atoms with van der Waals surface area (Å²) in [5.74, 6) is 2.04. The van der Waals surface area contributed by atoms with Crippen LogP contribution >= 0.6 is 0 Å². The van der Waals surface area contributed by atoms with Crippen molar-refractivity contribution in [3.05, 3.63) is 70.9 Å². The van der Waals surface area contributed by atoms with Gasteiger partial charge in [-0.1, -0.05) is 24.8 Å². The number of amides is 2. The van der Waals surface area contributed by atoms with Gasteiger partial charge in [0.2, 0.25) is 5.91 Å². The van der Waals surface area contributed by atoms with Gasteiger partial charge in [0.05, 0.1) is 13.2 Å². The molecule has 4 heterocycles. The second-order valence-corrected chi connectivity index (χ2v) is 10.4. The number of ether oxygens (including phenoxy) is 2. The Balaban J connectivity index is 1.08. The van der Waals surface area contributed by atoms with E-state index in [0.717, 1.165) is 67.2 Å². The summed E-state index contributed by atoms with van der Waals surface area (Å²) < 4.78 is 11.6. The van der Waals surface area contributed by atoms with Crippen LogP contribution in [0.1, 0.15) is 65.1 Å². The van der Waals surface area contributed by atoms with Gasteiger partial charge in [0.25, 0.3) is 5.91 Å². The monoisotopic (exact) mass is 487 g/mol. The molecule has 0 saturated carbocycles. The van der Waals surface area contributed by atoms with Crippen LogP contribution in [-0.2, 0) is 17.9 Å². The van der Waals surface area contributed by atoms with Crippen LogP contribution in [0.3, 0.4) is 0 Å². The molecule has 4 aliphatic heterocycles. The zero-order chi connectivity index (χ0) is 24.6. The predicted octanol–water partition coefficient (Wildman–Crippen LogP) is 3.98. The Kier molecular flexibility index (Phi) is 6.17. The van der Waals surface area contributed by atoms with Crippen LogP contribution in [0.25, 0.3) is 0 Å². The highest BCUT2D eigenvalue weighted by Crippen LogP contribution is 2.35. The van der Waals surface area contributed by atoms with E-state index in [1.165, 1.54) is 11.1 Å². The summed E-state index contributed by atoms with van der Waals surface area (Å²) in [7, 11) is 0. The van der Waals surface area contributed by atoms with Gasteiger partial charge >= 0.3 is 0 Å². The van der Waals surface area contributed by atoms with Gasteiger partial charge in [-0.3, -0.25) is 14.5 Å². The third kappa shape index (κ3) is 4.48. The Bertz CT molecular complexity index is 1200. The number of benzene rings is 2. The van der Waals surface area contributed by atoms with Crippen LogP contribution in [0.15, 0.2) is 48.7 Å². The van der Waals surface area contributed by atoms with Gasteiger partial charge in [0.15, 0.2) is 11.5 Å². The molecule has 2 aromatic rings. The quantitative estimate of drug-likeness (QED) is 0.707. The number of allylic oxidation sites excluding steroid dienone is 1. The molecule has 4 aliphatic rings. The first-order valence-electron chi connectivity index (χ1n) is 13.1. The molecule has 0 bridgehead atoms. The average molecular weight is 488 g/mol. The van der Waals surface area contributed by atoms with Crippen molar-refractivity contribution in [2.75, 3.05) is 26.3 Å². The highest BCUT2D eigenvalue weighted by molar-refractivity contribution is 6.01. The number of carbonyl (C=O) groups excluding carboxylic acids is 2. The van der Waals surface area contributed by atoms with Crippen molar-refractivity contribution in [3.63, 3.8) is 0 Å². The number of rotatable bonds is 4. The zero-order valence-corrected chi connectivity index (χ0v) is 20.6. The lowest BCUT2D eigenvalue weighted by atomic mass is 9.87. The van der Waals surface area contributed by atoms with Crippen molar-refractivity contribution in [1.29, 1.82) is 0 Å². The molecular weight excluding hydrogens is 454 g/mol. The van der Waals surface area contributed by atoms with Gasteiger partial charge < -0.3 is 19.7 Å². The number of fused-ring (bicyclic) bond motifs is 2. The first-order valence-corrected chi connectivity index (χ1v) is 13.1. The second-order valence-electron chi connectivity index (χ2n) is 10.4. The lowest BCUT2D eigenvalue weighted by Crippen LogP contribution is -2.49. The molecule has 36 heavy (non-hydrogen) atoms. The molecule has 2 fully saturated rings. The first-order chi connectivity index (χ1) is 17.5. The number of hydrogen-bond acceptors (Lipinski definition) is 5. The van der Waals surface area contributed by atoms with Crippen molar-refractivity contribution in [2.45, 2.75) is 57.2 Å². The van der Waals surface area contributed by atoms with E-state index >= 15 is 0 Å². The van der Waals surface area contributed by atoms with Gasteiger partial charge in [0.1, 0.15) is 6.04 Å². The minimum absolute atomic E-state index is 0.0332. The molecule has 1 unspecified atom stereocenters. The van der Waals surface area contributed by atoms with Crippen molar-refractivity contribution >= 4 is 11.8 Å². The average Bonchev–Trinajstić information content (AvgIpc) is 3.04. The maximum atomic E-state index is 13.0. The fourth-order valence-electron chi connectivity index (χ4n) is 5.92. The minimum atomic E-state index is -0.410. The molecule has 188 valence electrons. The van der Waals surface area contributed by atoms with Crippen LogP contribution in [0, 0.1) is 0 Å². The maximum Gasteiger partial charge on any atom is 0.255 e. The summed E-state index contributed by atoms with van der Waals surface area (Å²) in [6, 6.07) is 12.2. The number of nitrogens with zero attached hydrogens (tertiary/aromatic N) is 2. The number of nitrogens with one attached hydrogen (secondary N) is 1. The molecule has 1 N–H and O–H groups in total. The van der Waals surface area contributed by atoms with Crippen LogP contribution in [0.4, 0.5) is 0 Å². The first kappa shape index (κ1) is 23.1. The largest absolute Gasteiger partial charge is 0.490 e.